The summed E-state index contributed by atoms with van der Waals surface area (Å²) in [6.07, 6.45) is 0.612. The topological polar surface area (TPSA) is 110 Å². The molecular weight excluding hydrogens is 482 g/mol. The quantitative estimate of drug-likeness (QED) is 0.304. The van der Waals surface area contributed by atoms with Gasteiger partial charge in [-0.15, -0.1) is 0 Å². The molecule has 0 N–H and O–H groups in total. The molecule has 2 atom stereocenters. The minimum absolute atomic E-state index is 0.00654. The number of piperazine rings is 1. The summed E-state index contributed by atoms with van der Waals surface area (Å²) < 4.78 is 17.5. The molecule has 1 unspecified atom stereocenters. The molecule has 1 aliphatic heterocycles. The van der Waals surface area contributed by atoms with Crippen molar-refractivity contribution in [3.8, 4) is 0 Å². The average Bonchev–Trinajstić information content (AvgIpc) is 2.81. The smallest absolute Gasteiger partial charge is 0.318 e. The highest BCUT2D eigenvalue weighted by molar-refractivity contribution is 7.85. The van der Waals surface area contributed by atoms with Crippen molar-refractivity contribution in [2.45, 2.75) is 31.2 Å². The van der Waals surface area contributed by atoms with Gasteiger partial charge in [-0.2, -0.15) is 0 Å². The molecule has 0 aromatic heterocycles. The Morgan fingerprint density at radius 2 is 2.00 bits per heavy atom. The van der Waals surface area contributed by atoms with Crippen LogP contribution in [0.1, 0.15) is 30.6 Å². The van der Waals surface area contributed by atoms with Crippen LogP contribution < -0.4 is 4.90 Å². The second-order valence-electron chi connectivity index (χ2n) is 7.92. The van der Waals surface area contributed by atoms with E-state index in [4.69, 9.17) is 16.3 Å². The molecule has 1 heterocycles. The number of halogens is 1. The van der Waals surface area contributed by atoms with E-state index in [1.54, 1.807) is 11.0 Å². The molecule has 2 aromatic rings. The van der Waals surface area contributed by atoms with Gasteiger partial charge in [0.25, 0.3) is 11.6 Å². The monoisotopic (exact) mass is 507 g/mol. The van der Waals surface area contributed by atoms with Gasteiger partial charge in [-0.3, -0.25) is 23.9 Å². The van der Waals surface area contributed by atoms with Crippen LogP contribution in [0, 0.1) is 10.1 Å². The number of esters is 1. The van der Waals surface area contributed by atoms with Gasteiger partial charge in [0.05, 0.1) is 22.3 Å². The lowest BCUT2D eigenvalue weighted by molar-refractivity contribution is -0.387. The van der Waals surface area contributed by atoms with E-state index in [0.717, 1.165) is 11.8 Å². The summed E-state index contributed by atoms with van der Waals surface area (Å²) in [4.78, 5) is 39.5. The van der Waals surface area contributed by atoms with Gasteiger partial charge in [-0.05, 0) is 43.7 Å². The molecule has 0 bridgehead atoms. The number of rotatable bonds is 8. The summed E-state index contributed by atoms with van der Waals surface area (Å²) >= 11 is 6.10. The zero-order valence-electron chi connectivity index (χ0n) is 18.9. The first-order valence-corrected chi connectivity index (χ1v) is 12.5. The zero-order chi connectivity index (χ0) is 24.8. The fourth-order valence-corrected chi connectivity index (χ4v) is 5.01. The summed E-state index contributed by atoms with van der Waals surface area (Å²) in [5.74, 6) is -1.53. The molecule has 9 nitrogen and oxygen atoms in total. The third-order valence-corrected chi connectivity index (χ3v) is 6.99. The molecule has 2 aromatic carbocycles. The minimum Gasteiger partial charge on any atom is -0.465 e. The van der Waals surface area contributed by atoms with E-state index >= 15 is 0 Å². The van der Waals surface area contributed by atoms with Gasteiger partial charge >= 0.3 is 5.97 Å². The van der Waals surface area contributed by atoms with Crippen LogP contribution >= 0.6 is 11.6 Å². The Hall–Kier alpha value is -2.98. The predicted molar refractivity (Wildman–Crippen MR) is 130 cm³/mol. The van der Waals surface area contributed by atoms with Crippen molar-refractivity contribution in [3.63, 3.8) is 0 Å². The molecule has 34 heavy (non-hydrogen) atoms. The lowest BCUT2D eigenvalue weighted by Crippen LogP contribution is -2.53. The maximum Gasteiger partial charge on any atom is 0.318 e. The first-order valence-electron chi connectivity index (χ1n) is 10.8. The van der Waals surface area contributed by atoms with Crippen molar-refractivity contribution in [3.05, 3.63) is 63.2 Å². The van der Waals surface area contributed by atoms with Crippen LogP contribution in [-0.2, 0) is 20.3 Å². The van der Waals surface area contributed by atoms with Crippen molar-refractivity contribution in [2.24, 2.45) is 0 Å². The summed E-state index contributed by atoms with van der Waals surface area (Å²) in [6, 6.07) is 11.3. The van der Waals surface area contributed by atoms with Crippen LogP contribution in [0.4, 0.5) is 11.4 Å². The van der Waals surface area contributed by atoms with E-state index in [0.29, 0.717) is 31.1 Å². The van der Waals surface area contributed by atoms with Gasteiger partial charge in [0.15, 0.2) is 0 Å². The van der Waals surface area contributed by atoms with Crippen LogP contribution in [-0.4, -0.2) is 63.9 Å². The van der Waals surface area contributed by atoms with Crippen molar-refractivity contribution >= 4 is 45.7 Å². The van der Waals surface area contributed by atoms with E-state index < -0.39 is 33.1 Å². The first-order chi connectivity index (χ1) is 16.2. The first kappa shape index (κ1) is 25.6. The Morgan fingerprint density at radius 1 is 1.24 bits per heavy atom. The van der Waals surface area contributed by atoms with Gasteiger partial charge < -0.3 is 14.5 Å². The highest BCUT2D eigenvalue weighted by Gasteiger charge is 2.30. The fraction of sp³-hybridized carbons (Fsp3) is 0.391. The van der Waals surface area contributed by atoms with E-state index in [-0.39, 0.29) is 29.0 Å². The average molecular weight is 508 g/mol. The molecular formula is C23H26ClN3O6S. The molecule has 0 saturated carbocycles. The van der Waals surface area contributed by atoms with E-state index in [9.17, 15) is 23.9 Å². The van der Waals surface area contributed by atoms with Gasteiger partial charge in [-0.25, -0.2) is 0 Å². The summed E-state index contributed by atoms with van der Waals surface area (Å²) in [5.41, 5.74) is 0.634. The maximum absolute atomic E-state index is 13.1. The Balaban J connectivity index is 1.74. The van der Waals surface area contributed by atoms with Gasteiger partial charge in [0, 0.05) is 48.0 Å². The second kappa shape index (κ2) is 11.4. The molecule has 0 spiro atoms. The Bertz CT molecular complexity index is 1110. The number of nitro groups is 1. The SMILES string of the molecule is CCCOC(=O)CS(=O)c1ccc(C(=O)N2CCN(c3cccc(Cl)c3)[C@H](C)C2)cc1[N+](=O)[O-]. The predicted octanol–water partition coefficient (Wildman–Crippen LogP) is 3.66. The number of carbonyl (C=O) groups is 2. The summed E-state index contributed by atoms with van der Waals surface area (Å²) in [5, 5.41) is 12.3. The molecule has 1 amide bonds. The lowest BCUT2D eigenvalue weighted by Gasteiger charge is -2.41. The number of carbonyl (C=O) groups excluding carboxylic acids is 2. The molecule has 1 aliphatic rings. The number of benzene rings is 2. The highest BCUT2D eigenvalue weighted by Crippen LogP contribution is 2.27. The number of hydrogen-bond acceptors (Lipinski definition) is 7. The molecule has 1 saturated heterocycles. The fourth-order valence-electron chi connectivity index (χ4n) is 3.79. The Labute approximate surface area is 205 Å². The Kier molecular flexibility index (Phi) is 8.62. The van der Waals surface area contributed by atoms with Crippen molar-refractivity contribution < 1.29 is 23.5 Å². The number of anilines is 1. The third kappa shape index (κ3) is 6.12. The number of nitrogens with zero attached hydrogens (tertiary/aromatic N) is 3. The van der Waals surface area contributed by atoms with Crippen molar-refractivity contribution in [1.29, 1.82) is 0 Å². The van der Waals surface area contributed by atoms with Crippen LogP contribution in [0.3, 0.4) is 0 Å². The Morgan fingerprint density at radius 3 is 2.65 bits per heavy atom. The number of nitro benzene ring substituents is 1. The normalized spacial score (nSPS) is 16.7. The largest absolute Gasteiger partial charge is 0.465 e. The third-order valence-electron chi connectivity index (χ3n) is 5.42. The van der Waals surface area contributed by atoms with E-state index in [1.807, 2.05) is 32.0 Å². The highest BCUT2D eigenvalue weighted by atomic mass is 35.5. The van der Waals surface area contributed by atoms with E-state index in [2.05, 4.69) is 4.90 Å². The van der Waals surface area contributed by atoms with Crippen LogP contribution in [0.15, 0.2) is 47.4 Å². The molecule has 11 heteroatoms. The van der Waals surface area contributed by atoms with Crippen LogP contribution in [0.5, 0.6) is 0 Å². The van der Waals surface area contributed by atoms with Crippen molar-refractivity contribution in [2.75, 3.05) is 36.9 Å². The van der Waals surface area contributed by atoms with E-state index in [1.165, 1.54) is 12.1 Å². The standard InChI is InChI=1S/C23H26ClN3O6S/c1-3-11-33-22(28)15-34(32)21-8-7-17(12-20(21)27(30)31)23(29)25-9-10-26(16(2)14-25)19-6-4-5-18(24)13-19/h4-8,12-13,16H,3,9-11,14-15H2,1-2H3/t16-,34?/m1/s1. The number of amides is 1. The summed E-state index contributed by atoms with van der Waals surface area (Å²) in [6.45, 7) is 5.44. The van der Waals surface area contributed by atoms with Gasteiger partial charge in [0.1, 0.15) is 10.6 Å². The second-order valence-corrected chi connectivity index (χ2v) is 9.78. The molecule has 0 aliphatic carbocycles. The van der Waals surface area contributed by atoms with Gasteiger partial charge in [-0.1, -0.05) is 24.6 Å². The zero-order valence-corrected chi connectivity index (χ0v) is 20.5. The maximum atomic E-state index is 13.1. The van der Waals surface area contributed by atoms with Crippen LogP contribution in [0.2, 0.25) is 5.02 Å². The molecule has 1 fully saturated rings. The lowest BCUT2D eigenvalue weighted by atomic mass is 10.1. The molecule has 0 radical (unpaired) electrons. The van der Waals surface area contributed by atoms with Crippen LogP contribution in [0.25, 0.3) is 0 Å². The number of hydrogen-bond donors (Lipinski definition) is 0. The van der Waals surface area contributed by atoms with Gasteiger partial charge in [0.2, 0.25) is 0 Å². The minimum atomic E-state index is -1.97. The molecule has 182 valence electrons. The molecule has 3 rings (SSSR count). The summed E-state index contributed by atoms with van der Waals surface area (Å²) in [7, 11) is -1.97. The van der Waals surface area contributed by atoms with Crippen molar-refractivity contribution in [1.82, 2.24) is 4.90 Å². The number of ether oxygens (including phenoxy) is 1.